The summed E-state index contributed by atoms with van der Waals surface area (Å²) in [6.07, 6.45) is 0. The number of nitrogens with two attached hydrogens (primary N) is 1. The Kier molecular flexibility index (Phi) is 4.13. The number of hydrogen-bond donors (Lipinski definition) is 2. The molecule has 1 rings (SSSR count). The maximum atomic E-state index is 5.89. The molecule has 1 aromatic carbocycles. The number of benzene rings is 1. The summed E-state index contributed by atoms with van der Waals surface area (Å²) in [5, 5.41) is 4.50. The largest absolute Gasteiger partial charge is 0.383 e. The Hall–Kier alpha value is -0.150. The Morgan fingerprint density at radius 2 is 1.69 bits per heavy atom. The van der Waals surface area contributed by atoms with Crippen molar-refractivity contribution in [3.63, 3.8) is 0 Å². The van der Waals surface area contributed by atoms with Crippen LogP contribution < -0.4 is 11.1 Å². The standard InChI is InChI=1S/C8H9Cl3N2/c9-5-3-7(11)8(4-6(5)10)13-2-1-12/h3-4,13H,1-2,12H2. The lowest BCUT2D eigenvalue weighted by molar-refractivity contribution is 1.02. The van der Waals surface area contributed by atoms with E-state index < -0.39 is 0 Å². The normalized spacial score (nSPS) is 10.2. The first-order valence-electron chi connectivity index (χ1n) is 3.73. The second kappa shape index (κ2) is 4.91. The number of anilines is 1. The topological polar surface area (TPSA) is 38.0 Å². The molecule has 3 N–H and O–H groups in total. The lowest BCUT2D eigenvalue weighted by Gasteiger charge is -2.08. The first-order chi connectivity index (χ1) is 6.15. The van der Waals surface area contributed by atoms with Gasteiger partial charge in [-0.25, -0.2) is 0 Å². The Morgan fingerprint density at radius 1 is 1.08 bits per heavy atom. The molecule has 2 nitrogen and oxygen atoms in total. The van der Waals surface area contributed by atoms with Crippen molar-refractivity contribution < 1.29 is 0 Å². The predicted octanol–water partition coefficient (Wildman–Crippen LogP) is 3.02. The van der Waals surface area contributed by atoms with Crippen LogP contribution in [-0.4, -0.2) is 13.1 Å². The molecule has 0 heterocycles. The van der Waals surface area contributed by atoms with Crippen molar-refractivity contribution in [3.8, 4) is 0 Å². The van der Waals surface area contributed by atoms with E-state index in [1.54, 1.807) is 12.1 Å². The van der Waals surface area contributed by atoms with E-state index in [-0.39, 0.29) is 0 Å². The number of rotatable bonds is 3. The zero-order valence-corrected chi connectivity index (χ0v) is 9.05. The monoisotopic (exact) mass is 238 g/mol. The minimum atomic E-state index is 0.449. The maximum Gasteiger partial charge on any atom is 0.0653 e. The fourth-order valence-electron chi connectivity index (χ4n) is 0.865. The van der Waals surface area contributed by atoms with Gasteiger partial charge in [0.15, 0.2) is 0 Å². The molecule has 0 aromatic heterocycles. The number of nitrogens with one attached hydrogen (secondary N) is 1. The highest BCUT2D eigenvalue weighted by Crippen LogP contribution is 2.31. The summed E-state index contributed by atoms with van der Waals surface area (Å²) in [5.41, 5.74) is 6.08. The summed E-state index contributed by atoms with van der Waals surface area (Å²) >= 11 is 17.4. The van der Waals surface area contributed by atoms with Gasteiger partial charge in [0.2, 0.25) is 0 Å². The average molecular weight is 240 g/mol. The van der Waals surface area contributed by atoms with Crippen molar-refractivity contribution in [2.24, 2.45) is 5.73 Å². The minimum Gasteiger partial charge on any atom is -0.383 e. The summed E-state index contributed by atoms with van der Waals surface area (Å²) in [4.78, 5) is 0. The SMILES string of the molecule is NCCNc1cc(Cl)c(Cl)cc1Cl. The van der Waals surface area contributed by atoms with Gasteiger partial charge in [-0.15, -0.1) is 0 Å². The Bertz CT molecular complexity index is 302. The second-order valence-corrected chi connectivity index (χ2v) is 3.68. The number of hydrogen-bond acceptors (Lipinski definition) is 2. The molecule has 72 valence electrons. The predicted molar refractivity (Wildman–Crippen MR) is 59.0 cm³/mol. The maximum absolute atomic E-state index is 5.89. The first kappa shape index (κ1) is 10.9. The van der Waals surface area contributed by atoms with Crippen LogP contribution in [0.3, 0.4) is 0 Å². The van der Waals surface area contributed by atoms with Crippen LogP contribution in [-0.2, 0) is 0 Å². The summed E-state index contributed by atoms with van der Waals surface area (Å²) in [6.45, 7) is 1.19. The molecule has 0 radical (unpaired) electrons. The third-order valence-corrected chi connectivity index (χ3v) is 2.50. The van der Waals surface area contributed by atoms with Gasteiger partial charge in [0.1, 0.15) is 0 Å². The van der Waals surface area contributed by atoms with Crippen molar-refractivity contribution in [3.05, 3.63) is 27.2 Å². The fraction of sp³-hybridized carbons (Fsp3) is 0.250. The second-order valence-electron chi connectivity index (χ2n) is 2.46. The van der Waals surface area contributed by atoms with Crippen LogP contribution in [0.15, 0.2) is 12.1 Å². The average Bonchev–Trinajstić information content (AvgIpc) is 2.09. The molecule has 5 heteroatoms. The van der Waals surface area contributed by atoms with E-state index in [1.807, 2.05) is 0 Å². The third kappa shape index (κ3) is 2.92. The molecule has 0 atom stereocenters. The molecular formula is C8H9Cl3N2. The van der Waals surface area contributed by atoms with E-state index in [2.05, 4.69) is 5.32 Å². The molecule has 0 unspecified atom stereocenters. The van der Waals surface area contributed by atoms with Crippen LogP contribution in [0.2, 0.25) is 15.1 Å². The molecular weight excluding hydrogens is 230 g/mol. The van der Waals surface area contributed by atoms with Gasteiger partial charge in [-0.05, 0) is 12.1 Å². The molecule has 0 bridgehead atoms. The molecule has 0 fully saturated rings. The minimum absolute atomic E-state index is 0.449. The van der Waals surface area contributed by atoms with Crippen LogP contribution in [0, 0.1) is 0 Å². The van der Waals surface area contributed by atoms with Crippen LogP contribution in [0.5, 0.6) is 0 Å². The van der Waals surface area contributed by atoms with Gasteiger partial charge in [0, 0.05) is 13.1 Å². The van der Waals surface area contributed by atoms with Crippen molar-refractivity contribution in [1.82, 2.24) is 0 Å². The molecule has 0 saturated carbocycles. The molecule has 0 aliphatic rings. The molecule has 1 aromatic rings. The van der Waals surface area contributed by atoms with Gasteiger partial charge in [0.25, 0.3) is 0 Å². The van der Waals surface area contributed by atoms with Gasteiger partial charge in [0.05, 0.1) is 20.8 Å². The van der Waals surface area contributed by atoms with Crippen molar-refractivity contribution in [2.45, 2.75) is 0 Å². The zero-order valence-electron chi connectivity index (χ0n) is 6.78. The molecule has 0 saturated heterocycles. The van der Waals surface area contributed by atoms with Gasteiger partial charge < -0.3 is 11.1 Å². The summed E-state index contributed by atoms with van der Waals surface area (Å²) in [6, 6.07) is 3.28. The van der Waals surface area contributed by atoms with Gasteiger partial charge in [-0.1, -0.05) is 34.8 Å². The van der Waals surface area contributed by atoms with Crippen LogP contribution in [0.4, 0.5) is 5.69 Å². The smallest absolute Gasteiger partial charge is 0.0653 e. The quantitative estimate of drug-likeness (QED) is 0.796. The zero-order chi connectivity index (χ0) is 9.84. The first-order valence-corrected chi connectivity index (χ1v) is 4.87. The molecule has 0 aliphatic heterocycles. The Balaban J connectivity index is 2.88. The Labute approximate surface area is 92.0 Å². The van der Waals surface area contributed by atoms with E-state index >= 15 is 0 Å². The van der Waals surface area contributed by atoms with Crippen molar-refractivity contribution in [2.75, 3.05) is 18.4 Å². The molecule has 0 spiro atoms. The van der Waals surface area contributed by atoms with E-state index in [9.17, 15) is 0 Å². The molecule has 0 amide bonds. The Morgan fingerprint density at radius 3 is 2.31 bits per heavy atom. The van der Waals surface area contributed by atoms with Crippen LogP contribution >= 0.6 is 34.8 Å². The van der Waals surface area contributed by atoms with Crippen LogP contribution in [0.25, 0.3) is 0 Å². The molecule has 0 aliphatic carbocycles. The lowest BCUT2D eigenvalue weighted by Crippen LogP contribution is -2.13. The molecule has 13 heavy (non-hydrogen) atoms. The lowest BCUT2D eigenvalue weighted by atomic mass is 10.3. The highest BCUT2D eigenvalue weighted by molar-refractivity contribution is 6.44. The summed E-state index contributed by atoms with van der Waals surface area (Å²) < 4.78 is 0. The van der Waals surface area contributed by atoms with E-state index in [1.165, 1.54) is 0 Å². The van der Waals surface area contributed by atoms with E-state index in [0.29, 0.717) is 28.2 Å². The third-order valence-electron chi connectivity index (χ3n) is 1.47. The highest BCUT2D eigenvalue weighted by atomic mass is 35.5. The number of halogens is 3. The van der Waals surface area contributed by atoms with Crippen molar-refractivity contribution in [1.29, 1.82) is 0 Å². The van der Waals surface area contributed by atoms with E-state index in [4.69, 9.17) is 40.5 Å². The fourth-order valence-corrected chi connectivity index (χ4v) is 1.48. The van der Waals surface area contributed by atoms with Crippen molar-refractivity contribution >= 4 is 40.5 Å². The summed E-state index contributed by atoms with van der Waals surface area (Å²) in [7, 11) is 0. The van der Waals surface area contributed by atoms with Crippen LogP contribution in [0.1, 0.15) is 0 Å². The highest BCUT2D eigenvalue weighted by Gasteiger charge is 2.04. The van der Waals surface area contributed by atoms with E-state index in [0.717, 1.165) is 5.69 Å². The van der Waals surface area contributed by atoms with Gasteiger partial charge in [-0.2, -0.15) is 0 Å². The van der Waals surface area contributed by atoms with Gasteiger partial charge in [-0.3, -0.25) is 0 Å². The summed E-state index contributed by atoms with van der Waals surface area (Å²) in [5.74, 6) is 0. The van der Waals surface area contributed by atoms with Gasteiger partial charge >= 0.3 is 0 Å².